The summed E-state index contributed by atoms with van der Waals surface area (Å²) in [6, 6.07) is 4.08. The highest BCUT2D eigenvalue weighted by Gasteiger charge is 2.03. The predicted octanol–water partition coefficient (Wildman–Crippen LogP) is 1.75. The maximum absolute atomic E-state index is 5.21. The van der Waals surface area contributed by atoms with Crippen molar-refractivity contribution in [3.63, 3.8) is 0 Å². The van der Waals surface area contributed by atoms with E-state index in [1.807, 2.05) is 12.1 Å². The molecule has 2 heteroatoms. The van der Waals surface area contributed by atoms with Gasteiger partial charge in [0.15, 0.2) is 0 Å². The zero-order valence-electron chi connectivity index (χ0n) is 6.36. The van der Waals surface area contributed by atoms with Crippen LogP contribution in [0.3, 0.4) is 0 Å². The third kappa shape index (κ3) is 1.35. The first-order valence-corrected chi connectivity index (χ1v) is 3.87. The van der Waals surface area contributed by atoms with Gasteiger partial charge in [-0.3, -0.25) is 0 Å². The number of hydrogen-bond acceptors (Lipinski definition) is 1. The highest BCUT2D eigenvalue weighted by molar-refractivity contribution is 5.46. The Morgan fingerprint density at radius 2 is 2.09 bits per heavy atom. The summed E-state index contributed by atoms with van der Waals surface area (Å²) in [5, 5.41) is 0. The molecule has 2 rings (SSSR count). The Labute approximate surface area is 66.1 Å². The molecular weight excluding hydrogens is 138 g/mol. The van der Waals surface area contributed by atoms with Gasteiger partial charge in [-0.1, -0.05) is 0 Å². The fraction of sp³-hybridized carbons (Fsp3) is 0.333. The number of aromatic nitrogens is 1. The molecule has 1 aliphatic rings. The van der Waals surface area contributed by atoms with E-state index in [9.17, 15) is 0 Å². The molecular formula is C9H11NO. The highest BCUT2D eigenvalue weighted by Crippen LogP contribution is 2.13. The summed E-state index contributed by atoms with van der Waals surface area (Å²) < 4.78 is 7.35. The highest BCUT2D eigenvalue weighted by atomic mass is 16.5. The normalized spacial score (nSPS) is 18.0. The number of ether oxygens (including phenoxy) is 1. The Bertz CT molecular complexity index is 249. The van der Waals surface area contributed by atoms with Crippen LogP contribution in [0.2, 0.25) is 0 Å². The quantitative estimate of drug-likeness (QED) is 0.593. The summed E-state index contributed by atoms with van der Waals surface area (Å²) in [7, 11) is 0. The molecule has 0 fully saturated rings. The number of hydrogen-bond donors (Lipinski definition) is 0. The van der Waals surface area contributed by atoms with Gasteiger partial charge < -0.3 is 9.30 Å². The molecule has 0 saturated heterocycles. The van der Waals surface area contributed by atoms with Crippen LogP contribution in [-0.4, -0.2) is 17.8 Å². The van der Waals surface area contributed by atoms with Gasteiger partial charge in [0, 0.05) is 24.5 Å². The minimum Gasteiger partial charge on any atom is -0.377 e. The lowest BCUT2D eigenvalue weighted by atomic mass is 10.2. The van der Waals surface area contributed by atoms with Crippen molar-refractivity contribution >= 4 is 5.70 Å². The van der Waals surface area contributed by atoms with E-state index in [0.717, 1.165) is 19.6 Å². The van der Waals surface area contributed by atoms with Crippen molar-refractivity contribution in [1.82, 2.24) is 4.57 Å². The zero-order valence-corrected chi connectivity index (χ0v) is 6.36. The molecule has 0 atom stereocenters. The van der Waals surface area contributed by atoms with Crippen molar-refractivity contribution < 1.29 is 4.74 Å². The molecule has 0 amide bonds. The van der Waals surface area contributed by atoms with E-state index >= 15 is 0 Å². The van der Waals surface area contributed by atoms with E-state index in [1.54, 1.807) is 0 Å². The Hall–Kier alpha value is -1.02. The second-order valence-electron chi connectivity index (χ2n) is 2.61. The smallest absolute Gasteiger partial charge is 0.0667 e. The van der Waals surface area contributed by atoms with Crippen molar-refractivity contribution in [3.8, 4) is 0 Å². The summed E-state index contributed by atoms with van der Waals surface area (Å²) in [5.41, 5.74) is 1.35. The molecule has 0 aliphatic carbocycles. The first-order chi connectivity index (χ1) is 5.47. The Morgan fingerprint density at radius 3 is 2.73 bits per heavy atom. The molecule has 1 aromatic heterocycles. The number of nitrogens with zero attached hydrogens (tertiary/aromatic N) is 1. The van der Waals surface area contributed by atoms with Crippen LogP contribution in [-0.2, 0) is 4.74 Å². The van der Waals surface area contributed by atoms with Crippen LogP contribution in [0.5, 0.6) is 0 Å². The molecule has 0 aromatic carbocycles. The second kappa shape index (κ2) is 2.93. The first kappa shape index (κ1) is 6.68. The fourth-order valence-corrected chi connectivity index (χ4v) is 1.28. The van der Waals surface area contributed by atoms with Crippen LogP contribution in [0.1, 0.15) is 6.42 Å². The van der Waals surface area contributed by atoms with Gasteiger partial charge in [-0.2, -0.15) is 0 Å². The topological polar surface area (TPSA) is 14.2 Å². The van der Waals surface area contributed by atoms with Crippen molar-refractivity contribution in [3.05, 3.63) is 30.6 Å². The number of rotatable bonds is 1. The van der Waals surface area contributed by atoms with E-state index in [-0.39, 0.29) is 0 Å². The lowest BCUT2D eigenvalue weighted by Crippen LogP contribution is -2.07. The Morgan fingerprint density at radius 1 is 1.27 bits per heavy atom. The molecule has 58 valence electrons. The molecule has 1 aromatic rings. The second-order valence-corrected chi connectivity index (χ2v) is 2.61. The summed E-state index contributed by atoms with van der Waals surface area (Å²) in [6.07, 6.45) is 7.28. The predicted molar refractivity (Wildman–Crippen MR) is 44.1 cm³/mol. The monoisotopic (exact) mass is 149 g/mol. The van der Waals surface area contributed by atoms with Gasteiger partial charge in [0.05, 0.1) is 13.2 Å². The van der Waals surface area contributed by atoms with Crippen LogP contribution in [0.25, 0.3) is 5.70 Å². The third-order valence-corrected chi connectivity index (χ3v) is 1.88. The molecule has 2 nitrogen and oxygen atoms in total. The van der Waals surface area contributed by atoms with Gasteiger partial charge in [-0.25, -0.2) is 0 Å². The summed E-state index contributed by atoms with van der Waals surface area (Å²) in [6.45, 7) is 1.61. The maximum Gasteiger partial charge on any atom is 0.0667 e. The van der Waals surface area contributed by atoms with Crippen molar-refractivity contribution in [1.29, 1.82) is 0 Å². The van der Waals surface area contributed by atoms with Crippen molar-refractivity contribution in [2.75, 3.05) is 13.2 Å². The zero-order chi connectivity index (χ0) is 7.52. The fourth-order valence-electron chi connectivity index (χ4n) is 1.28. The van der Waals surface area contributed by atoms with Crippen LogP contribution in [0, 0.1) is 0 Å². The summed E-state index contributed by atoms with van der Waals surface area (Å²) >= 11 is 0. The molecule has 0 N–H and O–H groups in total. The molecule has 2 heterocycles. The van der Waals surface area contributed by atoms with Gasteiger partial charge >= 0.3 is 0 Å². The van der Waals surface area contributed by atoms with E-state index in [0.29, 0.717) is 0 Å². The molecule has 0 bridgehead atoms. The minimum absolute atomic E-state index is 0.757. The first-order valence-electron chi connectivity index (χ1n) is 3.87. The minimum atomic E-state index is 0.757. The maximum atomic E-state index is 5.21. The largest absolute Gasteiger partial charge is 0.377 e. The SMILES string of the molecule is C1=C(n2cccc2)CCOC1. The molecule has 11 heavy (non-hydrogen) atoms. The lowest BCUT2D eigenvalue weighted by Gasteiger charge is -2.13. The lowest BCUT2D eigenvalue weighted by molar-refractivity contribution is 0.159. The Kier molecular flexibility index (Phi) is 1.78. The summed E-state index contributed by atoms with van der Waals surface area (Å²) in [5.74, 6) is 0. The molecule has 0 spiro atoms. The van der Waals surface area contributed by atoms with E-state index < -0.39 is 0 Å². The van der Waals surface area contributed by atoms with Crippen molar-refractivity contribution in [2.24, 2.45) is 0 Å². The average molecular weight is 149 g/mol. The van der Waals surface area contributed by atoms with E-state index in [1.165, 1.54) is 5.70 Å². The standard InChI is InChI=1S/C9H11NO/c1-2-6-10(5-1)9-3-7-11-8-4-9/h1-3,5-6H,4,7-8H2. The van der Waals surface area contributed by atoms with Gasteiger partial charge in [-0.05, 0) is 18.2 Å². The Balaban J connectivity index is 2.22. The molecule has 0 saturated carbocycles. The molecule has 0 unspecified atom stereocenters. The molecule has 0 radical (unpaired) electrons. The molecule has 1 aliphatic heterocycles. The van der Waals surface area contributed by atoms with Gasteiger partial charge in [0.2, 0.25) is 0 Å². The van der Waals surface area contributed by atoms with Crippen molar-refractivity contribution in [2.45, 2.75) is 6.42 Å². The van der Waals surface area contributed by atoms with Gasteiger partial charge in [0.25, 0.3) is 0 Å². The van der Waals surface area contributed by atoms with Crippen LogP contribution >= 0.6 is 0 Å². The van der Waals surface area contributed by atoms with Crippen LogP contribution in [0.15, 0.2) is 30.6 Å². The van der Waals surface area contributed by atoms with E-state index in [2.05, 4.69) is 23.0 Å². The van der Waals surface area contributed by atoms with Crippen LogP contribution < -0.4 is 0 Å². The van der Waals surface area contributed by atoms with E-state index in [4.69, 9.17) is 4.74 Å². The average Bonchev–Trinajstić information content (AvgIpc) is 2.58. The van der Waals surface area contributed by atoms with Gasteiger partial charge in [-0.15, -0.1) is 0 Å². The third-order valence-electron chi connectivity index (χ3n) is 1.88. The van der Waals surface area contributed by atoms with Crippen LogP contribution in [0.4, 0.5) is 0 Å². The summed E-state index contributed by atoms with van der Waals surface area (Å²) in [4.78, 5) is 0. The van der Waals surface area contributed by atoms with Gasteiger partial charge in [0.1, 0.15) is 0 Å².